The lowest BCUT2D eigenvalue weighted by atomic mass is 10.0. The average molecular weight is 334 g/mol. The van der Waals surface area contributed by atoms with E-state index in [0.717, 1.165) is 0 Å². The summed E-state index contributed by atoms with van der Waals surface area (Å²) in [5, 5.41) is 7.25. The van der Waals surface area contributed by atoms with Crippen molar-refractivity contribution in [2.75, 3.05) is 13.1 Å². The molecule has 0 saturated carbocycles. The van der Waals surface area contributed by atoms with E-state index in [1.807, 2.05) is 0 Å². The van der Waals surface area contributed by atoms with Gasteiger partial charge in [0.1, 0.15) is 24.7 Å². The van der Waals surface area contributed by atoms with Gasteiger partial charge in [-0.2, -0.15) is 5.10 Å². The summed E-state index contributed by atoms with van der Waals surface area (Å²) in [4.78, 5) is 30.6. The predicted octanol–water partition coefficient (Wildman–Crippen LogP) is 1.19. The van der Waals surface area contributed by atoms with Crippen molar-refractivity contribution in [3.63, 3.8) is 0 Å². The number of carbonyl (C=O) groups is 2. The number of piperazine rings is 1. The van der Waals surface area contributed by atoms with Gasteiger partial charge in [-0.3, -0.25) is 9.59 Å². The van der Waals surface area contributed by atoms with Crippen LogP contribution in [0.1, 0.15) is 24.6 Å². The van der Waals surface area contributed by atoms with Crippen LogP contribution in [0.2, 0.25) is 5.02 Å². The number of amides is 2. The number of nitrogens with zero attached hydrogens (tertiary/aromatic N) is 4. The van der Waals surface area contributed by atoms with Crippen molar-refractivity contribution in [3.8, 4) is 0 Å². The van der Waals surface area contributed by atoms with Crippen molar-refractivity contribution in [3.05, 3.63) is 47.5 Å². The van der Waals surface area contributed by atoms with Crippen LogP contribution in [-0.4, -0.2) is 44.6 Å². The molecule has 0 unspecified atom stereocenters. The molecule has 2 aromatic rings. The fourth-order valence-electron chi connectivity index (χ4n) is 2.68. The van der Waals surface area contributed by atoms with Crippen LogP contribution in [-0.2, 0) is 9.59 Å². The molecule has 0 spiro atoms. The Hall–Kier alpha value is -2.41. The summed E-state index contributed by atoms with van der Waals surface area (Å²) >= 11 is 6.23. The lowest BCUT2D eigenvalue weighted by Gasteiger charge is -2.37. The molecule has 1 aromatic heterocycles. The molecule has 2 atom stereocenters. The first-order valence-corrected chi connectivity index (χ1v) is 7.64. The number of nitrogens with one attached hydrogen (secondary N) is 1. The molecule has 8 heteroatoms. The fraction of sp³-hybridized carbons (Fsp3) is 0.333. The SMILES string of the molecule is C[C@H](C(=O)N1CCNC(=O)[C@@H]1c1ccccc1Cl)n1cncn1. The normalized spacial score (nSPS) is 19.3. The van der Waals surface area contributed by atoms with Gasteiger partial charge >= 0.3 is 0 Å². The first-order valence-electron chi connectivity index (χ1n) is 7.26. The molecule has 1 aromatic carbocycles. The molecule has 3 rings (SSSR count). The molecule has 1 fully saturated rings. The molecule has 120 valence electrons. The van der Waals surface area contributed by atoms with E-state index in [9.17, 15) is 9.59 Å². The zero-order chi connectivity index (χ0) is 16.4. The summed E-state index contributed by atoms with van der Waals surface area (Å²) in [6.45, 7) is 2.56. The molecule has 2 amide bonds. The van der Waals surface area contributed by atoms with Gasteiger partial charge < -0.3 is 10.2 Å². The van der Waals surface area contributed by atoms with Crippen LogP contribution in [0.4, 0.5) is 0 Å². The number of benzene rings is 1. The number of aromatic nitrogens is 3. The lowest BCUT2D eigenvalue weighted by Crippen LogP contribution is -2.53. The van der Waals surface area contributed by atoms with Crippen LogP contribution >= 0.6 is 11.6 Å². The summed E-state index contributed by atoms with van der Waals surface area (Å²) in [6, 6.07) is 5.77. The maximum absolute atomic E-state index is 12.9. The van der Waals surface area contributed by atoms with Crippen LogP contribution in [0.5, 0.6) is 0 Å². The van der Waals surface area contributed by atoms with E-state index in [1.165, 1.54) is 17.3 Å². The zero-order valence-electron chi connectivity index (χ0n) is 12.5. The average Bonchev–Trinajstić information content (AvgIpc) is 3.08. The van der Waals surface area contributed by atoms with Gasteiger partial charge in [0.2, 0.25) is 11.8 Å². The second-order valence-electron chi connectivity index (χ2n) is 5.30. The Kier molecular flexibility index (Phi) is 4.29. The summed E-state index contributed by atoms with van der Waals surface area (Å²) in [5.74, 6) is -0.432. The number of hydrogen-bond acceptors (Lipinski definition) is 4. The van der Waals surface area contributed by atoms with Crippen molar-refractivity contribution in [1.29, 1.82) is 0 Å². The summed E-state index contributed by atoms with van der Waals surface area (Å²) in [5.41, 5.74) is 0.616. The summed E-state index contributed by atoms with van der Waals surface area (Å²) in [6.07, 6.45) is 2.86. The predicted molar refractivity (Wildman–Crippen MR) is 83.6 cm³/mol. The molecule has 2 heterocycles. The van der Waals surface area contributed by atoms with Crippen LogP contribution in [0.25, 0.3) is 0 Å². The van der Waals surface area contributed by atoms with Crippen LogP contribution in [0, 0.1) is 0 Å². The molecule has 1 N–H and O–H groups in total. The quantitative estimate of drug-likeness (QED) is 0.915. The highest BCUT2D eigenvalue weighted by atomic mass is 35.5. The Morgan fingerprint density at radius 2 is 2.22 bits per heavy atom. The highest BCUT2D eigenvalue weighted by Gasteiger charge is 2.37. The molecule has 23 heavy (non-hydrogen) atoms. The third-order valence-electron chi connectivity index (χ3n) is 3.89. The first-order chi connectivity index (χ1) is 11.1. The smallest absolute Gasteiger partial charge is 0.248 e. The standard InChI is InChI=1S/C15H16ClN5O2/c1-10(21-9-17-8-19-21)15(23)20-7-6-18-14(22)13(20)11-4-2-3-5-12(11)16/h2-5,8-10,13H,6-7H2,1H3,(H,18,22)/t10-,13+/m1/s1. The number of rotatable bonds is 3. The number of halogens is 1. The molecule has 0 radical (unpaired) electrons. The van der Waals surface area contributed by atoms with Gasteiger partial charge in [0, 0.05) is 23.7 Å². The number of carbonyl (C=O) groups excluding carboxylic acids is 2. The second kappa shape index (κ2) is 6.37. The van der Waals surface area contributed by atoms with E-state index in [-0.39, 0.29) is 11.8 Å². The minimum atomic E-state index is -0.740. The Balaban J connectivity index is 1.94. The third-order valence-corrected chi connectivity index (χ3v) is 4.23. The highest BCUT2D eigenvalue weighted by Crippen LogP contribution is 2.30. The lowest BCUT2D eigenvalue weighted by molar-refractivity contribution is -0.145. The van der Waals surface area contributed by atoms with Gasteiger partial charge in [-0.1, -0.05) is 29.8 Å². The topological polar surface area (TPSA) is 80.1 Å². The van der Waals surface area contributed by atoms with Gasteiger partial charge in [0.25, 0.3) is 0 Å². The van der Waals surface area contributed by atoms with E-state index in [4.69, 9.17) is 11.6 Å². The fourth-order valence-corrected chi connectivity index (χ4v) is 2.92. The molecule has 1 saturated heterocycles. The van der Waals surface area contributed by atoms with E-state index in [2.05, 4.69) is 15.4 Å². The Morgan fingerprint density at radius 1 is 1.43 bits per heavy atom. The Morgan fingerprint density at radius 3 is 2.91 bits per heavy atom. The van der Waals surface area contributed by atoms with Crippen LogP contribution in [0.3, 0.4) is 0 Å². The van der Waals surface area contributed by atoms with Crippen molar-refractivity contribution in [2.45, 2.75) is 19.0 Å². The van der Waals surface area contributed by atoms with Gasteiger partial charge in [-0.15, -0.1) is 0 Å². The van der Waals surface area contributed by atoms with E-state index in [1.54, 1.807) is 36.1 Å². The molecule has 0 aliphatic carbocycles. The van der Waals surface area contributed by atoms with Crippen molar-refractivity contribution >= 4 is 23.4 Å². The van der Waals surface area contributed by atoms with Gasteiger partial charge in [-0.25, -0.2) is 9.67 Å². The molecule has 7 nitrogen and oxygen atoms in total. The first kappa shape index (κ1) is 15.5. The largest absolute Gasteiger partial charge is 0.352 e. The van der Waals surface area contributed by atoms with E-state index in [0.29, 0.717) is 23.7 Å². The zero-order valence-corrected chi connectivity index (χ0v) is 13.3. The van der Waals surface area contributed by atoms with Crippen molar-refractivity contribution < 1.29 is 9.59 Å². The van der Waals surface area contributed by atoms with E-state index < -0.39 is 12.1 Å². The van der Waals surface area contributed by atoms with E-state index >= 15 is 0 Å². The Labute approximate surface area is 138 Å². The maximum Gasteiger partial charge on any atom is 0.248 e. The minimum absolute atomic E-state index is 0.199. The van der Waals surface area contributed by atoms with Crippen LogP contribution < -0.4 is 5.32 Å². The van der Waals surface area contributed by atoms with Crippen LogP contribution in [0.15, 0.2) is 36.9 Å². The highest BCUT2D eigenvalue weighted by molar-refractivity contribution is 6.31. The number of hydrogen-bond donors (Lipinski definition) is 1. The molecule has 0 bridgehead atoms. The third kappa shape index (κ3) is 2.92. The second-order valence-corrected chi connectivity index (χ2v) is 5.71. The van der Waals surface area contributed by atoms with Crippen molar-refractivity contribution in [1.82, 2.24) is 25.0 Å². The summed E-state index contributed by atoms with van der Waals surface area (Å²) < 4.78 is 1.47. The van der Waals surface area contributed by atoms with Gasteiger partial charge in [0.15, 0.2) is 0 Å². The molecular weight excluding hydrogens is 318 g/mol. The monoisotopic (exact) mass is 333 g/mol. The molecular formula is C15H16ClN5O2. The van der Waals surface area contributed by atoms with Gasteiger partial charge in [0.05, 0.1) is 0 Å². The van der Waals surface area contributed by atoms with Gasteiger partial charge in [-0.05, 0) is 13.0 Å². The Bertz CT molecular complexity index is 718. The summed E-state index contributed by atoms with van der Waals surface area (Å²) in [7, 11) is 0. The minimum Gasteiger partial charge on any atom is -0.352 e. The molecule has 1 aliphatic heterocycles. The molecule has 1 aliphatic rings. The maximum atomic E-state index is 12.9. The van der Waals surface area contributed by atoms with Crippen molar-refractivity contribution in [2.24, 2.45) is 0 Å².